The maximum absolute atomic E-state index is 11.8. The zero-order valence-corrected chi connectivity index (χ0v) is 13.5. The first kappa shape index (κ1) is 16.7. The number of fused-ring (bicyclic) bond motifs is 1. The van der Waals surface area contributed by atoms with Gasteiger partial charge in [-0.25, -0.2) is 5.14 Å². The van der Waals surface area contributed by atoms with E-state index in [9.17, 15) is 13.2 Å². The van der Waals surface area contributed by atoms with E-state index >= 15 is 0 Å². The van der Waals surface area contributed by atoms with Crippen molar-refractivity contribution in [3.8, 4) is 0 Å². The predicted molar refractivity (Wildman–Crippen MR) is 84.9 cm³/mol. The number of carbonyl (C=O) groups excluding carboxylic acids is 1. The second kappa shape index (κ2) is 6.64. The molecule has 0 aromatic heterocycles. The Bertz CT molecular complexity index is 658. The second-order valence-corrected chi connectivity index (χ2v) is 6.90. The van der Waals surface area contributed by atoms with Crippen molar-refractivity contribution in [2.24, 2.45) is 5.14 Å². The molecule has 0 saturated heterocycles. The quantitative estimate of drug-likeness (QED) is 0.814. The minimum Gasteiger partial charge on any atom is -0.378 e. The van der Waals surface area contributed by atoms with E-state index in [0.29, 0.717) is 30.9 Å². The Balaban J connectivity index is 2.04. The average Bonchev–Trinajstić information content (AvgIpc) is 2.81. The molecular formula is C14H21N3O4S. The number of hydrogen-bond acceptors (Lipinski definition) is 4. The largest absolute Gasteiger partial charge is 0.378 e. The van der Waals surface area contributed by atoms with Crippen LogP contribution in [0.15, 0.2) is 18.2 Å². The van der Waals surface area contributed by atoms with Crippen molar-refractivity contribution < 1.29 is 17.9 Å². The highest BCUT2D eigenvalue weighted by atomic mass is 32.2. The molecule has 0 aliphatic carbocycles. The summed E-state index contributed by atoms with van der Waals surface area (Å²) in [5.74, 6) is -0.180. The van der Waals surface area contributed by atoms with Crippen LogP contribution < -0.4 is 14.8 Å². The second-order valence-electron chi connectivity index (χ2n) is 5.43. The van der Waals surface area contributed by atoms with Crippen LogP contribution in [-0.2, 0) is 26.2 Å². The zero-order valence-electron chi connectivity index (χ0n) is 12.7. The Hall–Kier alpha value is -1.64. The Labute approximate surface area is 130 Å². The van der Waals surface area contributed by atoms with Gasteiger partial charge in [-0.1, -0.05) is 6.07 Å². The van der Waals surface area contributed by atoms with Gasteiger partial charge in [0.15, 0.2) is 0 Å². The van der Waals surface area contributed by atoms with Crippen molar-refractivity contribution in [1.29, 1.82) is 0 Å². The van der Waals surface area contributed by atoms with Gasteiger partial charge in [-0.15, -0.1) is 0 Å². The SMILES string of the molecule is CC(C)OCCC(=O)Nc1ccc2c(c1)N(S(N)(=O)=O)CC2. The molecule has 2 rings (SSSR count). The summed E-state index contributed by atoms with van der Waals surface area (Å²) in [6.45, 7) is 4.48. The maximum Gasteiger partial charge on any atom is 0.299 e. The molecule has 0 unspecified atom stereocenters. The van der Waals surface area contributed by atoms with E-state index in [1.54, 1.807) is 18.2 Å². The summed E-state index contributed by atoms with van der Waals surface area (Å²) in [6, 6.07) is 5.20. The first-order chi connectivity index (χ1) is 10.3. The number of anilines is 2. The van der Waals surface area contributed by atoms with Gasteiger partial charge in [0.05, 0.1) is 24.8 Å². The van der Waals surface area contributed by atoms with E-state index in [2.05, 4.69) is 5.32 Å². The number of nitrogens with one attached hydrogen (secondary N) is 1. The van der Waals surface area contributed by atoms with E-state index in [1.807, 2.05) is 13.8 Å². The molecule has 1 aromatic rings. The molecule has 0 spiro atoms. The predicted octanol–water partition coefficient (Wildman–Crippen LogP) is 1.01. The van der Waals surface area contributed by atoms with Crippen LogP contribution in [0.5, 0.6) is 0 Å². The van der Waals surface area contributed by atoms with Gasteiger partial charge in [0.25, 0.3) is 10.2 Å². The number of hydrogen-bond donors (Lipinski definition) is 2. The number of carbonyl (C=O) groups is 1. The molecule has 0 bridgehead atoms. The average molecular weight is 327 g/mol. The summed E-state index contributed by atoms with van der Waals surface area (Å²) in [5.41, 5.74) is 1.97. The van der Waals surface area contributed by atoms with Gasteiger partial charge in [-0.3, -0.25) is 9.10 Å². The third kappa shape index (κ3) is 4.19. The van der Waals surface area contributed by atoms with Crippen molar-refractivity contribution in [3.05, 3.63) is 23.8 Å². The zero-order chi connectivity index (χ0) is 16.3. The monoisotopic (exact) mass is 327 g/mol. The summed E-state index contributed by atoms with van der Waals surface area (Å²) < 4.78 is 29.5. The molecule has 0 saturated carbocycles. The standard InChI is InChI=1S/C14H21N3O4S/c1-10(2)21-8-6-14(18)16-12-4-3-11-5-7-17(13(11)9-12)22(15,19)20/h3-4,9-10H,5-8H2,1-2H3,(H,16,18)(H2,15,19,20). The summed E-state index contributed by atoms with van der Waals surface area (Å²) >= 11 is 0. The van der Waals surface area contributed by atoms with Crippen LogP contribution in [0, 0.1) is 0 Å². The molecular weight excluding hydrogens is 306 g/mol. The molecule has 1 aliphatic heterocycles. The lowest BCUT2D eigenvalue weighted by Gasteiger charge is -2.16. The molecule has 122 valence electrons. The van der Waals surface area contributed by atoms with Crippen molar-refractivity contribution in [2.45, 2.75) is 32.8 Å². The van der Waals surface area contributed by atoms with E-state index in [4.69, 9.17) is 9.88 Å². The lowest BCUT2D eigenvalue weighted by molar-refractivity contribution is -0.117. The van der Waals surface area contributed by atoms with Crippen LogP contribution in [-0.4, -0.2) is 33.6 Å². The van der Waals surface area contributed by atoms with Gasteiger partial charge in [0.1, 0.15) is 0 Å². The number of rotatable bonds is 6. The van der Waals surface area contributed by atoms with Crippen LogP contribution in [0.3, 0.4) is 0 Å². The highest BCUT2D eigenvalue weighted by molar-refractivity contribution is 7.90. The van der Waals surface area contributed by atoms with E-state index < -0.39 is 10.2 Å². The molecule has 1 aliphatic rings. The van der Waals surface area contributed by atoms with Crippen LogP contribution in [0.25, 0.3) is 0 Å². The smallest absolute Gasteiger partial charge is 0.299 e. The Morgan fingerprint density at radius 2 is 2.18 bits per heavy atom. The summed E-state index contributed by atoms with van der Waals surface area (Å²) in [7, 11) is -3.78. The fourth-order valence-electron chi connectivity index (χ4n) is 2.30. The normalized spacial score (nSPS) is 14.3. The van der Waals surface area contributed by atoms with Crippen molar-refractivity contribution in [2.75, 3.05) is 22.8 Å². The lowest BCUT2D eigenvalue weighted by atomic mass is 10.1. The Morgan fingerprint density at radius 1 is 1.45 bits per heavy atom. The molecule has 22 heavy (non-hydrogen) atoms. The summed E-state index contributed by atoms with van der Waals surface area (Å²) in [5, 5.41) is 7.93. The number of nitrogens with two attached hydrogens (primary N) is 1. The Morgan fingerprint density at radius 3 is 2.82 bits per heavy atom. The minimum absolute atomic E-state index is 0.0797. The first-order valence-electron chi connectivity index (χ1n) is 7.12. The van der Waals surface area contributed by atoms with E-state index in [-0.39, 0.29) is 18.4 Å². The van der Waals surface area contributed by atoms with Gasteiger partial charge in [0, 0.05) is 12.2 Å². The third-order valence-corrected chi connectivity index (χ3v) is 4.30. The van der Waals surface area contributed by atoms with Gasteiger partial charge in [-0.05, 0) is 38.0 Å². The fourth-order valence-corrected chi connectivity index (χ4v) is 3.09. The van der Waals surface area contributed by atoms with Crippen LogP contribution in [0.2, 0.25) is 0 Å². The number of benzene rings is 1. The number of nitrogens with zero attached hydrogens (tertiary/aromatic N) is 1. The molecule has 0 atom stereocenters. The van der Waals surface area contributed by atoms with Gasteiger partial charge in [-0.2, -0.15) is 8.42 Å². The van der Waals surface area contributed by atoms with Crippen molar-refractivity contribution >= 4 is 27.5 Å². The fraction of sp³-hybridized carbons (Fsp3) is 0.500. The van der Waals surface area contributed by atoms with Crippen LogP contribution in [0.4, 0.5) is 11.4 Å². The topological polar surface area (TPSA) is 102 Å². The molecule has 3 N–H and O–H groups in total. The lowest BCUT2D eigenvalue weighted by Crippen LogP contribution is -2.35. The highest BCUT2D eigenvalue weighted by Crippen LogP contribution is 2.32. The number of amides is 1. The Kier molecular flexibility index (Phi) is 5.05. The van der Waals surface area contributed by atoms with E-state index in [1.165, 1.54) is 0 Å². The van der Waals surface area contributed by atoms with Crippen molar-refractivity contribution in [3.63, 3.8) is 0 Å². The maximum atomic E-state index is 11.8. The minimum atomic E-state index is -3.78. The molecule has 1 heterocycles. The molecule has 8 heteroatoms. The summed E-state index contributed by atoms with van der Waals surface area (Å²) in [6.07, 6.45) is 0.937. The molecule has 0 fully saturated rings. The van der Waals surface area contributed by atoms with E-state index in [0.717, 1.165) is 9.87 Å². The molecule has 7 nitrogen and oxygen atoms in total. The molecule has 1 aromatic carbocycles. The molecule has 0 radical (unpaired) electrons. The number of ether oxygens (including phenoxy) is 1. The van der Waals surface area contributed by atoms with Crippen LogP contribution >= 0.6 is 0 Å². The van der Waals surface area contributed by atoms with Crippen LogP contribution in [0.1, 0.15) is 25.8 Å². The van der Waals surface area contributed by atoms with Gasteiger partial charge < -0.3 is 10.1 Å². The van der Waals surface area contributed by atoms with Gasteiger partial charge in [0.2, 0.25) is 5.91 Å². The van der Waals surface area contributed by atoms with Gasteiger partial charge >= 0.3 is 0 Å². The van der Waals surface area contributed by atoms with Crippen molar-refractivity contribution in [1.82, 2.24) is 0 Å². The first-order valence-corrected chi connectivity index (χ1v) is 8.62. The summed E-state index contributed by atoms with van der Waals surface area (Å²) in [4.78, 5) is 11.8. The third-order valence-electron chi connectivity index (χ3n) is 3.31. The highest BCUT2D eigenvalue weighted by Gasteiger charge is 2.26. The molecule has 1 amide bonds.